The minimum atomic E-state index is -1.03. The van der Waals surface area contributed by atoms with Gasteiger partial charge in [-0.3, -0.25) is 14.5 Å². The molecule has 0 aliphatic carbocycles. The van der Waals surface area contributed by atoms with Crippen molar-refractivity contribution in [2.45, 2.75) is 32.5 Å². The highest BCUT2D eigenvalue weighted by atomic mass is 35.5. The summed E-state index contributed by atoms with van der Waals surface area (Å²) in [6, 6.07) is 11.1. The average molecular weight is 481 g/mol. The lowest BCUT2D eigenvalue weighted by Gasteiger charge is -2.20. The van der Waals surface area contributed by atoms with Crippen molar-refractivity contribution < 1.29 is 9.90 Å². The number of carbonyl (C=O) groups excluding carboxylic acids is 1. The number of aromatic nitrogens is 3. The SMILES string of the molecule is Cn1cc2c(-c3cc(Cl)c(CN4Cc5ncccc5C4=O)c(Cl)c3)ccc(C(C)(C)O)c2n1. The van der Waals surface area contributed by atoms with Crippen LogP contribution < -0.4 is 0 Å². The molecule has 1 aliphatic heterocycles. The Labute approximate surface area is 201 Å². The maximum absolute atomic E-state index is 12.7. The zero-order chi connectivity index (χ0) is 23.5. The summed E-state index contributed by atoms with van der Waals surface area (Å²) >= 11 is 13.4. The molecule has 8 heteroatoms. The van der Waals surface area contributed by atoms with Gasteiger partial charge in [-0.1, -0.05) is 35.3 Å². The van der Waals surface area contributed by atoms with E-state index in [1.165, 1.54) is 0 Å². The van der Waals surface area contributed by atoms with Crippen LogP contribution in [0.2, 0.25) is 10.0 Å². The van der Waals surface area contributed by atoms with Crippen molar-refractivity contribution in [3.63, 3.8) is 0 Å². The number of pyridine rings is 1. The molecule has 3 heterocycles. The number of amides is 1. The third kappa shape index (κ3) is 3.78. The highest BCUT2D eigenvalue weighted by Crippen LogP contribution is 2.38. The summed E-state index contributed by atoms with van der Waals surface area (Å²) < 4.78 is 1.73. The fourth-order valence-corrected chi connectivity index (χ4v) is 4.98. The summed E-state index contributed by atoms with van der Waals surface area (Å²) in [7, 11) is 1.85. The summed E-state index contributed by atoms with van der Waals surface area (Å²) in [6.07, 6.45) is 3.61. The fourth-order valence-electron chi connectivity index (χ4n) is 4.38. The van der Waals surface area contributed by atoms with Crippen molar-refractivity contribution in [2.75, 3.05) is 0 Å². The summed E-state index contributed by atoms with van der Waals surface area (Å²) in [5.41, 5.74) is 4.27. The van der Waals surface area contributed by atoms with Crippen LogP contribution in [-0.2, 0) is 25.7 Å². The molecular formula is C25H22Cl2N4O2. The Morgan fingerprint density at radius 2 is 1.85 bits per heavy atom. The lowest BCUT2D eigenvalue weighted by atomic mass is 9.92. The van der Waals surface area contributed by atoms with E-state index in [4.69, 9.17) is 23.2 Å². The molecule has 0 saturated heterocycles. The van der Waals surface area contributed by atoms with Crippen molar-refractivity contribution in [3.05, 3.63) is 81.2 Å². The van der Waals surface area contributed by atoms with E-state index in [0.717, 1.165) is 33.3 Å². The normalized spacial score (nSPS) is 13.8. The van der Waals surface area contributed by atoms with Crippen LogP contribution in [0.1, 0.15) is 41.0 Å². The molecule has 2 aromatic heterocycles. The maximum Gasteiger partial charge on any atom is 0.256 e. The van der Waals surface area contributed by atoms with Crippen LogP contribution in [0.25, 0.3) is 22.0 Å². The molecule has 0 unspecified atom stereocenters. The van der Waals surface area contributed by atoms with E-state index < -0.39 is 5.60 Å². The van der Waals surface area contributed by atoms with Gasteiger partial charge in [0.1, 0.15) is 0 Å². The third-order valence-corrected chi connectivity index (χ3v) is 6.67. The van der Waals surface area contributed by atoms with Crippen LogP contribution in [0.15, 0.2) is 48.8 Å². The Balaban J connectivity index is 1.53. The number of nitrogens with zero attached hydrogens (tertiary/aromatic N) is 4. The van der Waals surface area contributed by atoms with Crippen LogP contribution in [0.5, 0.6) is 0 Å². The molecule has 0 fully saturated rings. The Morgan fingerprint density at radius 1 is 1.12 bits per heavy atom. The van der Waals surface area contributed by atoms with Gasteiger partial charge in [0.15, 0.2) is 0 Å². The monoisotopic (exact) mass is 480 g/mol. The predicted octanol–water partition coefficient (Wildman–Crippen LogP) is 5.33. The maximum atomic E-state index is 12.7. The molecule has 1 aliphatic rings. The van der Waals surface area contributed by atoms with Gasteiger partial charge in [0.25, 0.3) is 5.91 Å². The quantitative estimate of drug-likeness (QED) is 0.428. The van der Waals surface area contributed by atoms with Crippen molar-refractivity contribution in [2.24, 2.45) is 7.05 Å². The van der Waals surface area contributed by atoms with Gasteiger partial charge in [-0.2, -0.15) is 5.10 Å². The summed E-state index contributed by atoms with van der Waals surface area (Å²) in [4.78, 5) is 18.7. The molecule has 1 N–H and O–H groups in total. The van der Waals surface area contributed by atoms with E-state index in [2.05, 4.69) is 10.1 Å². The molecule has 2 aromatic carbocycles. The fraction of sp³-hybridized carbons (Fsp3) is 0.240. The van der Waals surface area contributed by atoms with E-state index in [0.29, 0.717) is 34.3 Å². The lowest BCUT2D eigenvalue weighted by Crippen LogP contribution is -2.23. The minimum Gasteiger partial charge on any atom is -0.386 e. The standard InChI is InChI=1S/C25H22Cl2N4O2/c1-25(2,33)19-7-6-15(17-11-30(3)29-23(17)19)14-9-20(26)18(21(27)10-14)12-31-13-22-16(24(31)32)5-4-8-28-22/h4-11,33H,12-13H2,1-3H3. The average Bonchev–Trinajstić information content (AvgIpc) is 3.28. The molecule has 168 valence electrons. The van der Waals surface area contributed by atoms with Crippen LogP contribution in [0.3, 0.4) is 0 Å². The van der Waals surface area contributed by atoms with Gasteiger partial charge in [-0.15, -0.1) is 0 Å². The minimum absolute atomic E-state index is 0.0754. The summed E-state index contributed by atoms with van der Waals surface area (Å²) in [5, 5.41) is 17.0. The number of halogens is 2. The Morgan fingerprint density at radius 3 is 2.52 bits per heavy atom. The number of aryl methyl sites for hydroxylation is 1. The third-order valence-electron chi connectivity index (χ3n) is 6.00. The molecular weight excluding hydrogens is 459 g/mol. The molecule has 0 bridgehead atoms. The number of hydrogen-bond donors (Lipinski definition) is 1. The second kappa shape index (κ2) is 7.83. The Bertz CT molecular complexity index is 1400. The Kier molecular flexibility index (Phi) is 5.20. The summed E-state index contributed by atoms with van der Waals surface area (Å²) in [6.45, 7) is 4.21. The van der Waals surface area contributed by atoms with E-state index in [1.807, 2.05) is 37.5 Å². The lowest BCUT2D eigenvalue weighted by molar-refractivity contribution is 0.0765. The molecule has 0 atom stereocenters. The van der Waals surface area contributed by atoms with Crippen molar-refractivity contribution >= 4 is 40.0 Å². The zero-order valence-electron chi connectivity index (χ0n) is 18.4. The largest absolute Gasteiger partial charge is 0.386 e. The van der Waals surface area contributed by atoms with Crippen LogP contribution in [0, 0.1) is 0 Å². The van der Waals surface area contributed by atoms with E-state index in [-0.39, 0.29) is 5.91 Å². The topological polar surface area (TPSA) is 71.2 Å². The smallest absolute Gasteiger partial charge is 0.256 e. The van der Waals surface area contributed by atoms with Crippen molar-refractivity contribution in [3.8, 4) is 11.1 Å². The van der Waals surface area contributed by atoms with E-state index in [9.17, 15) is 9.90 Å². The van der Waals surface area contributed by atoms with Crippen molar-refractivity contribution in [1.29, 1.82) is 0 Å². The zero-order valence-corrected chi connectivity index (χ0v) is 19.9. The van der Waals surface area contributed by atoms with E-state index in [1.54, 1.807) is 41.8 Å². The van der Waals surface area contributed by atoms with Gasteiger partial charge < -0.3 is 10.0 Å². The number of fused-ring (bicyclic) bond motifs is 2. The van der Waals surface area contributed by atoms with Gasteiger partial charge in [-0.25, -0.2) is 0 Å². The number of hydrogen-bond acceptors (Lipinski definition) is 4. The predicted molar refractivity (Wildman–Crippen MR) is 129 cm³/mol. The van der Waals surface area contributed by atoms with Crippen LogP contribution in [-0.4, -0.2) is 30.7 Å². The van der Waals surface area contributed by atoms with Gasteiger partial charge in [0.2, 0.25) is 0 Å². The Hall–Kier alpha value is -2.93. The first kappa shape index (κ1) is 21.9. The molecule has 1 amide bonds. The molecule has 0 saturated carbocycles. The molecule has 0 radical (unpaired) electrons. The molecule has 5 rings (SSSR count). The number of rotatable bonds is 4. The number of carbonyl (C=O) groups is 1. The van der Waals surface area contributed by atoms with Gasteiger partial charge in [-0.05, 0) is 49.2 Å². The molecule has 0 spiro atoms. The molecule has 6 nitrogen and oxygen atoms in total. The summed E-state index contributed by atoms with van der Waals surface area (Å²) in [5.74, 6) is -0.0754. The van der Waals surface area contributed by atoms with Crippen LogP contribution >= 0.6 is 23.2 Å². The number of benzene rings is 2. The first-order valence-electron chi connectivity index (χ1n) is 10.5. The highest BCUT2D eigenvalue weighted by Gasteiger charge is 2.29. The molecule has 4 aromatic rings. The van der Waals surface area contributed by atoms with Gasteiger partial charge >= 0.3 is 0 Å². The second-order valence-corrected chi connectivity index (χ2v) is 9.68. The molecule has 33 heavy (non-hydrogen) atoms. The van der Waals surface area contributed by atoms with Gasteiger partial charge in [0.05, 0.1) is 28.9 Å². The highest BCUT2D eigenvalue weighted by molar-refractivity contribution is 6.36. The first-order chi connectivity index (χ1) is 15.6. The van der Waals surface area contributed by atoms with Gasteiger partial charge in [0, 0.05) is 52.5 Å². The van der Waals surface area contributed by atoms with Crippen LogP contribution in [0.4, 0.5) is 0 Å². The second-order valence-electron chi connectivity index (χ2n) is 8.86. The van der Waals surface area contributed by atoms with Crippen molar-refractivity contribution in [1.82, 2.24) is 19.7 Å². The number of aliphatic hydroxyl groups is 1. The first-order valence-corrected chi connectivity index (χ1v) is 11.3. The van der Waals surface area contributed by atoms with E-state index >= 15 is 0 Å².